The number of carbonyl (C=O) groups excluding carboxylic acids is 2. The lowest BCUT2D eigenvalue weighted by atomic mass is 9.88. The van der Waals surface area contributed by atoms with Crippen molar-refractivity contribution in [3.8, 4) is 5.75 Å². The summed E-state index contributed by atoms with van der Waals surface area (Å²) >= 11 is 0. The fourth-order valence-electron chi connectivity index (χ4n) is 5.16. The molecule has 5 rings (SSSR count). The molecule has 2 N–H and O–H groups in total. The fraction of sp³-hybridized carbons (Fsp3) is 0.286. The van der Waals surface area contributed by atoms with Gasteiger partial charge in [0.2, 0.25) is 0 Å². The van der Waals surface area contributed by atoms with Crippen molar-refractivity contribution in [2.24, 2.45) is 5.14 Å². The summed E-state index contributed by atoms with van der Waals surface area (Å²) < 4.78 is 33.6. The van der Waals surface area contributed by atoms with Crippen LogP contribution in [0.25, 0.3) is 5.65 Å². The molecule has 2 aromatic heterocycles. The molecular weight excluding hydrogens is 532 g/mol. The lowest BCUT2D eigenvalue weighted by Crippen LogP contribution is -2.42. The van der Waals surface area contributed by atoms with E-state index in [9.17, 15) is 18.0 Å². The summed E-state index contributed by atoms with van der Waals surface area (Å²) in [7, 11) is -2.74. The third-order valence-electron chi connectivity index (χ3n) is 7.18. The number of Topliss-reactive ketones (excluding diaryl/α,β-unsaturated/α-hetero) is 1. The molecule has 0 aliphatic carbocycles. The van der Waals surface area contributed by atoms with E-state index in [1.165, 1.54) is 23.8 Å². The lowest BCUT2D eigenvalue weighted by molar-refractivity contribution is 0.0712. The maximum atomic E-state index is 13.9. The third-order valence-corrected chi connectivity index (χ3v) is 8.10. The Hall–Kier alpha value is -4.29. The van der Waals surface area contributed by atoms with Crippen LogP contribution >= 0.6 is 0 Å². The van der Waals surface area contributed by atoms with Crippen molar-refractivity contribution in [1.29, 1.82) is 0 Å². The number of nitrogens with two attached hydrogens (primary N) is 1. The maximum absolute atomic E-state index is 13.9. The predicted molar refractivity (Wildman–Crippen MR) is 150 cm³/mol. The fourth-order valence-corrected chi connectivity index (χ4v) is 5.91. The number of benzene rings is 2. The van der Waals surface area contributed by atoms with Crippen molar-refractivity contribution in [2.75, 3.05) is 24.5 Å². The van der Waals surface area contributed by atoms with Crippen molar-refractivity contribution in [2.45, 2.75) is 32.2 Å². The Morgan fingerprint density at radius 3 is 2.35 bits per heavy atom. The molecule has 40 heavy (non-hydrogen) atoms. The van der Waals surface area contributed by atoms with Gasteiger partial charge in [-0.25, -0.2) is 14.4 Å². The van der Waals surface area contributed by atoms with Gasteiger partial charge >= 0.3 is 10.2 Å². The molecule has 11 nitrogen and oxygen atoms in total. The molecular formula is C28H30N6O5S. The first-order chi connectivity index (χ1) is 19.2. The summed E-state index contributed by atoms with van der Waals surface area (Å²) in [6, 6.07) is 16.7. The topological polar surface area (TPSA) is 140 Å². The standard InChI is InChI=1S/C28H30N6O5S/c1-19(35)23-17-31-34-26(23)30-16-24(27(34)33(40(29,37)38)18-20-8-4-3-5-9-20)28(36)32-14-12-21(13-15-32)22-10-6-7-11-25(22)39-2/h3-11,16-17,21H,12-15,18H2,1-2H3,(H2,29,37,38). The molecule has 1 aliphatic rings. The number of piperidine rings is 1. The van der Waals surface area contributed by atoms with Gasteiger partial charge in [-0.3, -0.25) is 9.59 Å². The number of anilines is 1. The minimum Gasteiger partial charge on any atom is -0.496 e. The second-order valence-corrected chi connectivity index (χ2v) is 11.2. The summed E-state index contributed by atoms with van der Waals surface area (Å²) in [5, 5.41) is 9.97. The van der Waals surface area contributed by atoms with Crippen LogP contribution in [0.2, 0.25) is 0 Å². The minimum absolute atomic E-state index is 0.0198. The molecule has 0 atom stereocenters. The van der Waals surface area contributed by atoms with E-state index in [1.54, 1.807) is 36.3 Å². The molecule has 12 heteroatoms. The summed E-state index contributed by atoms with van der Waals surface area (Å²) in [6.07, 6.45) is 4.02. The van der Waals surface area contributed by atoms with Crippen LogP contribution < -0.4 is 14.2 Å². The van der Waals surface area contributed by atoms with Crippen LogP contribution in [0.3, 0.4) is 0 Å². The van der Waals surface area contributed by atoms with Crippen molar-refractivity contribution < 1.29 is 22.7 Å². The van der Waals surface area contributed by atoms with Gasteiger partial charge < -0.3 is 9.64 Å². The van der Waals surface area contributed by atoms with E-state index in [1.807, 2.05) is 30.3 Å². The molecule has 1 amide bonds. The first-order valence-electron chi connectivity index (χ1n) is 12.8. The van der Waals surface area contributed by atoms with Gasteiger partial charge in [0.15, 0.2) is 17.2 Å². The highest BCUT2D eigenvalue weighted by Crippen LogP contribution is 2.35. The van der Waals surface area contributed by atoms with Gasteiger partial charge in [-0.2, -0.15) is 18.0 Å². The predicted octanol–water partition coefficient (Wildman–Crippen LogP) is 3.17. The second kappa shape index (κ2) is 11.1. The van der Waals surface area contributed by atoms with E-state index in [0.717, 1.165) is 15.6 Å². The van der Waals surface area contributed by atoms with Crippen LogP contribution in [-0.4, -0.2) is 59.8 Å². The number of carbonyl (C=O) groups is 2. The van der Waals surface area contributed by atoms with E-state index in [0.29, 0.717) is 31.5 Å². The SMILES string of the molecule is COc1ccccc1C1CCN(C(=O)c2cnc3c(C(C)=O)cnn3c2N(Cc2ccccc2)S(N)(=O)=O)CC1. The zero-order valence-electron chi connectivity index (χ0n) is 22.2. The van der Waals surface area contributed by atoms with Crippen LogP contribution in [0, 0.1) is 0 Å². The molecule has 3 heterocycles. The van der Waals surface area contributed by atoms with Gasteiger partial charge in [-0.05, 0) is 42.9 Å². The van der Waals surface area contributed by atoms with Crippen LogP contribution in [0.4, 0.5) is 5.82 Å². The number of ketones is 1. The Balaban J connectivity index is 1.54. The van der Waals surface area contributed by atoms with E-state index in [4.69, 9.17) is 9.88 Å². The number of hydrogen-bond donors (Lipinski definition) is 1. The Labute approximate surface area is 232 Å². The molecule has 0 spiro atoms. The number of fused-ring (bicyclic) bond motifs is 1. The van der Waals surface area contributed by atoms with Crippen LogP contribution in [-0.2, 0) is 16.8 Å². The molecule has 4 aromatic rings. The van der Waals surface area contributed by atoms with E-state index >= 15 is 0 Å². The summed E-state index contributed by atoms with van der Waals surface area (Å²) in [4.78, 5) is 32.2. The normalized spacial score (nSPS) is 14.3. The van der Waals surface area contributed by atoms with Gasteiger partial charge in [0.25, 0.3) is 5.91 Å². The molecule has 1 fully saturated rings. The number of methoxy groups -OCH3 is 1. The molecule has 2 aromatic carbocycles. The van der Waals surface area contributed by atoms with Gasteiger partial charge in [0, 0.05) is 19.3 Å². The number of ether oxygens (including phenoxy) is 1. The number of para-hydroxylation sites is 1. The van der Waals surface area contributed by atoms with Gasteiger partial charge in [-0.15, -0.1) is 0 Å². The number of hydrogen-bond acceptors (Lipinski definition) is 7. The average molecular weight is 563 g/mol. The van der Waals surface area contributed by atoms with Gasteiger partial charge in [0.1, 0.15) is 11.3 Å². The number of likely N-dealkylation sites (tertiary alicyclic amines) is 1. The number of amides is 1. The van der Waals surface area contributed by atoms with Crippen molar-refractivity contribution in [3.63, 3.8) is 0 Å². The summed E-state index contributed by atoms with van der Waals surface area (Å²) in [5.41, 5.74) is 2.10. The number of aromatic nitrogens is 3. The number of nitrogens with zero attached hydrogens (tertiary/aromatic N) is 5. The number of rotatable bonds is 8. The van der Waals surface area contributed by atoms with Crippen LogP contribution in [0.15, 0.2) is 67.0 Å². The van der Waals surface area contributed by atoms with Crippen molar-refractivity contribution in [1.82, 2.24) is 19.5 Å². The maximum Gasteiger partial charge on any atom is 0.300 e. The monoisotopic (exact) mass is 562 g/mol. The van der Waals surface area contributed by atoms with Gasteiger partial charge in [0.05, 0.1) is 25.4 Å². The Morgan fingerprint density at radius 2 is 1.70 bits per heavy atom. The molecule has 1 aliphatic heterocycles. The largest absolute Gasteiger partial charge is 0.496 e. The van der Waals surface area contributed by atoms with Gasteiger partial charge in [-0.1, -0.05) is 48.5 Å². The molecule has 0 saturated carbocycles. The molecule has 1 saturated heterocycles. The zero-order chi connectivity index (χ0) is 28.4. The summed E-state index contributed by atoms with van der Waals surface area (Å²) in [5.74, 6) is 0.263. The molecule has 0 bridgehead atoms. The highest BCUT2D eigenvalue weighted by atomic mass is 32.2. The van der Waals surface area contributed by atoms with Crippen molar-refractivity contribution in [3.05, 3.63) is 89.2 Å². The van der Waals surface area contributed by atoms with E-state index < -0.39 is 16.1 Å². The minimum atomic E-state index is -4.38. The lowest BCUT2D eigenvalue weighted by Gasteiger charge is -2.33. The highest BCUT2D eigenvalue weighted by Gasteiger charge is 2.33. The first kappa shape index (κ1) is 27.3. The smallest absolute Gasteiger partial charge is 0.300 e. The van der Waals surface area contributed by atoms with Crippen molar-refractivity contribution >= 4 is 33.4 Å². The third kappa shape index (κ3) is 5.27. The Bertz CT molecular complexity index is 1660. The molecule has 208 valence electrons. The van der Waals surface area contributed by atoms with Crippen LogP contribution in [0.1, 0.15) is 57.5 Å². The molecule has 0 unspecified atom stereocenters. The zero-order valence-corrected chi connectivity index (χ0v) is 23.0. The van der Waals surface area contributed by atoms with Crippen LogP contribution in [0.5, 0.6) is 5.75 Å². The Morgan fingerprint density at radius 1 is 1.02 bits per heavy atom. The quantitative estimate of drug-likeness (QED) is 0.325. The average Bonchev–Trinajstić information content (AvgIpc) is 3.40. The second-order valence-electron chi connectivity index (χ2n) is 9.69. The highest BCUT2D eigenvalue weighted by molar-refractivity contribution is 7.90. The first-order valence-corrected chi connectivity index (χ1v) is 14.3. The molecule has 0 radical (unpaired) electrons. The van der Waals surface area contributed by atoms with E-state index in [-0.39, 0.29) is 40.8 Å². The Kier molecular flexibility index (Phi) is 7.55. The van der Waals surface area contributed by atoms with E-state index in [2.05, 4.69) is 10.1 Å². The summed E-state index contributed by atoms with van der Waals surface area (Å²) in [6.45, 7) is 2.12.